The Kier molecular flexibility index (Phi) is 5.89. The number of ketones is 1. The molecule has 0 aliphatic heterocycles. The van der Waals surface area contributed by atoms with Crippen LogP contribution in [0.4, 0.5) is 0 Å². The van der Waals surface area contributed by atoms with Gasteiger partial charge in [-0.25, -0.2) is 0 Å². The molecule has 30 heavy (non-hydrogen) atoms. The quantitative estimate of drug-likeness (QED) is 0.551. The third kappa shape index (κ3) is 3.54. The Hall–Kier alpha value is -1.58. The summed E-state index contributed by atoms with van der Waals surface area (Å²) in [5.74, 6) is 1.89. The van der Waals surface area contributed by atoms with Gasteiger partial charge in [-0.15, -0.1) is 0 Å². The minimum absolute atomic E-state index is 0.0355. The molecule has 0 heterocycles. The van der Waals surface area contributed by atoms with Gasteiger partial charge in [0.05, 0.1) is 6.10 Å². The summed E-state index contributed by atoms with van der Waals surface area (Å²) in [4.78, 5) is 13.0. The molecular formula is C27H34O2S. The van der Waals surface area contributed by atoms with Crippen LogP contribution in [0.3, 0.4) is 0 Å². The fourth-order valence-electron chi connectivity index (χ4n) is 5.77. The molecule has 1 N–H and O–H groups in total. The third-order valence-electron chi connectivity index (χ3n) is 8.17. The molecule has 0 spiro atoms. The van der Waals surface area contributed by atoms with E-state index in [0.717, 1.165) is 24.2 Å². The van der Waals surface area contributed by atoms with Gasteiger partial charge in [0, 0.05) is 28.8 Å². The van der Waals surface area contributed by atoms with Gasteiger partial charge in [0.1, 0.15) is 5.78 Å². The van der Waals surface area contributed by atoms with Gasteiger partial charge >= 0.3 is 0 Å². The molecule has 0 radical (unpaired) electrons. The first-order chi connectivity index (χ1) is 14.3. The first-order valence-electron chi connectivity index (χ1n) is 11.2. The number of hydrogen-bond acceptors (Lipinski definition) is 3. The second-order valence-corrected chi connectivity index (χ2v) is 11.2. The van der Waals surface area contributed by atoms with Crippen molar-refractivity contribution in [1.82, 2.24) is 0 Å². The summed E-state index contributed by atoms with van der Waals surface area (Å²) < 4.78 is 0. The molecular weight excluding hydrogens is 388 g/mol. The van der Waals surface area contributed by atoms with Crippen LogP contribution >= 0.6 is 11.8 Å². The summed E-state index contributed by atoms with van der Waals surface area (Å²) in [5, 5.41) is 11.3. The number of carbonyl (C=O) groups is 1. The Morgan fingerprint density at radius 1 is 1.07 bits per heavy atom. The molecule has 5 atom stereocenters. The summed E-state index contributed by atoms with van der Waals surface area (Å²) in [6.45, 7) is 8.86. The molecule has 2 fully saturated rings. The number of aliphatic hydroxyl groups is 1. The second kappa shape index (κ2) is 8.16. The van der Waals surface area contributed by atoms with Crippen LogP contribution in [0.25, 0.3) is 0 Å². The number of rotatable bonds is 7. The minimum Gasteiger partial charge on any atom is -0.388 e. The monoisotopic (exact) mass is 422 g/mol. The Balaban J connectivity index is 1.61. The summed E-state index contributed by atoms with van der Waals surface area (Å²) in [7, 11) is 0. The van der Waals surface area contributed by atoms with Gasteiger partial charge in [0.25, 0.3) is 0 Å². The smallest absolute Gasteiger partial charge is 0.140 e. The average Bonchev–Trinajstić information content (AvgIpc) is 3.10. The van der Waals surface area contributed by atoms with Gasteiger partial charge in [-0.1, -0.05) is 80.9 Å². The van der Waals surface area contributed by atoms with E-state index in [-0.39, 0.29) is 22.0 Å². The summed E-state index contributed by atoms with van der Waals surface area (Å²) in [6.07, 6.45) is 2.42. The highest BCUT2D eigenvalue weighted by Gasteiger charge is 2.63. The van der Waals surface area contributed by atoms with E-state index in [2.05, 4.69) is 52.0 Å². The standard InChI is InChI=1S/C27H34O2S/c1-18-10-12-21(13-11-18)25(19(2)24(29)20-8-6-5-7-9-20)30-17-27-15-14-22(16-23(27)28)26(27,3)4/h5-13,19,22,24-25,29H,14-17H2,1-4H3/t19-,22-,24-,25-,27-/m1/s1. The lowest BCUT2D eigenvalue weighted by Gasteiger charge is -2.38. The van der Waals surface area contributed by atoms with Crippen LogP contribution in [0.5, 0.6) is 0 Å². The largest absolute Gasteiger partial charge is 0.388 e. The molecule has 0 saturated heterocycles. The number of aryl methyl sites for hydroxylation is 1. The molecule has 2 aliphatic carbocycles. The van der Waals surface area contributed by atoms with Crippen molar-refractivity contribution in [3.63, 3.8) is 0 Å². The predicted octanol–water partition coefficient (Wildman–Crippen LogP) is 6.53. The van der Waals surface area contributed by atoms with E-state index in [1.807, 2.05) is 42.1 Å². The van der Waals surface area contributed by atoms with Crippen LogP contribution in [0.15, 0.2) is 54.6 Å². The van der Waals surface area contributed by atoms with Gasteiger partial charge in [-0.2, -0.15) is 11.8 Å². The van der Waals surface area contributed by atoms with E-state index in [1.165, 1.54) is 17.5 Å². The lowest BCUT2D eigenvalue weighted by Crippen LogP contribution is -2.38. The van der Waals surface area contributed by atoms with Gasteiger partial charge in [0.2, 0.25) is 0 Å². The number of hydrogen-bond donors (Lipinski definition) is 1. The predicted molar refractivity (Wildman–Crippen MR) is 126 cm³/mol. The highest BCUT2D eigenvalue weighted by molar-refractivity contribution is 7.99. The number of carbonyl (C=O) groups excluding carboxylic acids is 1. The molecule has 3 heteroatoms. The van der Waals surface area contributed by atoms with Crippen LogP contribution in [0.1, 0.15) is 68.1 Å². The maximum absolute atomic E-state index is 13.0. The highest BCUT2D eigenvalue weighted by Crippen LogP contribution is 2.65. The van der Waals surface area contributed by atoms with Crippen LogP contribution < -0.4 is 0 Å². The summed E-state index contributed by atoms with van der Waals surface area (Å²) in [6, 6.07) is 18.6. The number of benzene rings is 2. The zero-order valence-electron chi connectivity index (χ0n) is 18.6. The maximum Gasteiger partial charge on any atom is 0.140 e. The molecule has 2 nitrogen and oxygen atoms in total. The highest BCUT2D eigenvalue weighted by atomic mass is 32.2. The SMILES string of the molecule is Cc1ccc([C@H](SC[C@]23CC[C@H](CC2=O)C3(C)C)[C@H](C)[C@@H](O)c2ccccc2)cc1. The molecule has 2 saturated carbocycles. The van der Waals surface area contributed by atoms with Crippen LogP contribution in [-0.2, 0) is 4.79 Å². The molecule has 0 unspecified atom stereocenters. The first kappa shape index (κ1) is 21.6. The number of fused-ring (bicyclic) bond motifs is 2. The molecule has 2 aliphatic rings. The van der Waals surface area contributed by atoms with Crippen molar-refractivity contribution in [2.45, 2.75) is 58.3 Å². The van der Waals surface area contributed by atoms with E-state index >= 15 is 0 Å². The van der Waals surface area contributed by atoms with E-state index in [9.17, 15) is 9.90 Å². The van der Waals surface area contributed by atoms with Crippen molar-refractivity contribution < 1.29 is 9.90 Å². The Morgan fingerprint density at radius 3 is 2.30 bits per heavy atom. The molecule has 0 aromatic heterocycles. The number of aliphatic hydroxyl groups excluding tert-OH is 1. The normalized spacial score (nSPS) is 27.8. The van der Waals surface area contributed by atoms with Gasteiger partial charge in [-0.3, -0.25) is 4.79 Å². The van der Waals surface area contributed by atoms with Gasteiger partial charge < -0.3 is 5.11 Å². The van der Waals surface area contributed by atoms with Crippen LogP contribution in [-0.4, -0.2) is 16.6 Å². The maximum atomic E-state index is 13.0. The van der Waals surface area contributed by atoms with E-state index in [0.29, 0.717) is 11.7 Å². The molecule has 4 rings (SSSR count). The molecule has 2 aromatic carbocycles. The van der Waals surface area contributed by atoms with Crippen molar-refractivity contribution in [2.24, 2.45) is 22.7 Å². The number of thioether (sulfide) groups is 1. The fraction of sp³-hybridized carbons (Fsp3) is 0.519. The number of Topliss-reactive ketones (excluding diaryl/α,β-unsaturated/α-hetero) is 1. The van der Waals surface area contributed by atoms with Crippen molar-refractivity contribution in [3.05, 3.63) is 71.3 Å². The Bertz CT molecular complexity index is 889. The van der Waals surface area contributed by atoms with Crippen molar-refractivity contribution in [2.75, 3.05) is 5.75 Å². The van der Waals surface area contributed by atoms with Crippen molar-refractivity contribution in [1.29, 1.82) is 0 Å². The van der Waals surface area contributed by atoms with Crippen molar-refractivity contribution >= 4 is 17.5 Å². The molecule has 2 aromatic rings. The Labute approximate surface area is 185 Å². The van der Waals surface area contributed by atoms with Crippen molar-refractivity contribution in [3.8, 4) is 0 Å². The van der Waals surface area contributed by atoms with Gasteiger partial charge in [-0.05, 0) is 42.2 Å². The zero-order chi connectivity index (χ0) is 21.5. The lowest BCUT2D eigenvalue weighted by molar-refractivity contribution is -0.127. The average molecular weight is 423 g/mol. The Morgan fingerprint density at radius 2 is 1.73 bits per heavy atom. The third-order valence-corrected chi connectivity index (χ3v) is 9.89. The molecule has 160 valence electrons. The summed E-state index contributed by atoms with van der Waals surface area (Å²) in [5.41, 5.74) is 3.31. The van der Waals surface area contributed by atoms with Crippen LogP contribution in [0, 0.1) is 29.6 Å². The fourth-order valence-corrected chi connectivity index (χ4v) is 7.71. The second-order valence-electron chi connectivity index (χ2n) is 10.0. The van der Waals surface area contributed by atoms with Gasteiger partial charge in [0.15, 0.2) is 0 Å². The topological polar surface area (TPSA) is 37.3 Å². The van der Waals surface area contributed by atoms with E-state index in [1.54, 1.807) is 0 Å². The minimum atomic E-state index is -0.536. The summed E-state index contributed by atoms with van der Waals surface area (Å²) >= 11 is 1.88. The van der Waals surface area contributed by atoms with E-state index in [4.69, 9.17) is 0 Å². The lowest BCUT2D eigenvalue weighted by atomic mass is 9.70. The zero-order valence-corrected chi connectivity index (χ0v) is 19.4. The van der Waals surface area contributed by atoms with Crippen LogP contribution in [0.2, 0.25) is 0 Å². The molecule has 0 amide bonds. The first-order valence-corrected chi connectivity index (χ1v) is 12.3. The molecule has 2 bridgehead atoms. The van der Waals surface area contributed by atoms with E-state index < -0.39 is 6.10 Å².